The minimum absolute atomic E-state index is 0.0856. The fraction of sp³-hybridized carbons (Fsp3) is 0.846. The van der Waals surface area contributed by atoms with Crippen LogP contribution in [0.5, 0.6) is 0 Å². The number of methoxy groups -OCH3 is 1. The third kappa shape index (κ3) is 3.02. The molecule has 5 nitrogen and oxygen atoms in total. The fourth-order valence-electron chi connectivity index (χ4n) is 2.73. The van der Waals surface area contributed by atoms with E-state index in [2.05, 4.69) is 0 Å². The van der Waals surface area contributed by atoms with E-state index in [1.54, 1.807) is 12.0 Å². The molecule has 0 N–H and O–H groups in total. The molecule has 0 aliphatic carbocycles. The summed E-state index contributed by atoms with van der Waals surface area (Å²) >= 11 is 0. The van der Waals surface area contributed by atoms with E-state index in [4.69, 9.17) is 4.74 Å². The molecule has 2 aliphatic heterocycles. The lowest BCUT2D eigenvalue weighted by atomic mass is 10.0. The van der Waals surface area contributed by atoms with Crippen molar-refractivity contribution < 1.29 is 14.3 Å². The number of carbonyl (C=O) groups excluding carboxylic acids is 2. The number of rotatable bonds is 4. The van der Waals surface area contributed by atoms with Crippen LogP contribution < -0.4 is 0 Å². The molecule has 0 spiro atoms. The Morgan fingerprint density at radius 1 is 1.33 bits per heavy atom. The summed E-state index contributed by atoms with van der Waals surface area (Å²) in [6.45, 7) is 3.43. The molecule has 2 heterocycles. The van der Waals surface area contributed by atoms with Gasteiger partial charge < -0.3 is 14.5 Å². The number of hydrogen-bond acceptors (Lipinski definition) is 3. The first-order valence-electron chi connectivity index (χ1n) is 6.78. The number of carbonyl (C=O) groups is 2. The largest absolute Gasteiger partial charge is 0.383 e. The number of hydrogen-bond donors (Lipinski definition) is 0. The van der Waals surface area contributed by atoms with Crippen LogP contribution in [0, 0.1) is 5.92 Å². The summed E-state index contributed by atoms with van der Waals surface area (Å²) in [7, 11) is 1.62. The van der Waals surface area contributed by atoms with Crippen LogP contribution in [0.1, 0.15) is 25.7 Å². The lowest BCUT2D eigenvalue weighted by molar-refractivity contribution is -0.136. The molecule has 1 unspecified atom stereocenters. The van der Waals surface area contributed by atoms with Gasteiger partial charge in [0.05, 0.1) is 12.5 Å². The van der Waals surface area contributed by atoms with Crippen molar-refractivity contribution in [1.82, 2.24) is 9.80 Å². The van der Waals surface area contributed by atoms with Gasteiger partial charge in [0.1, 0.15) is 0 Å². The van der Waals surface area contributed by atoms with Gasteiger partial charge >= 0.3 is 0 Å². The van der Waals surface area contributed by atoms with Gasteiger partial charge in [0.25, 0.3) is 0 Å². The highest BCUT2D eigenvalue weighted by atomic mass is 16.5. The molecule has 0 aromatic rings. The molecule has 1 atom stereocenters. The van der Waals surface area contributed by atoms with Gasteiger partial charge in [0, 0.05) is 39.7 Å². The van der Waals surface area contributed by atoms with Crippen molar-refractivity contribution in [2.75, 3.05) is 39.9 Å². The Labute approximate surface area is 108 Å². The Bertz CT molecular complexity index is 313. The number of piperidine rings is 1. The van der Waals surface area contributed by atoms with Crippen LogP contribution in [0.3, 0.4) is 0 Å². The molecule has 2 rings (SSSR count). The topological polar surface area (TPSA) is 49.9 Å². The zero-order chi connectivity index (χ0) is 13.0. The molecule has 0 aromatic heterocycles. The number of likely N-dealkylation sites (tertiary alicyclic amines) is 2. The number of amides is 2. The van der Waals surface area contributed by atoms with E-state index in [9.17, 15) is 9.59 Å². The van der Waals surface area contributed by atoms with Crippen LogP contribution in [-0.2, 0) is 14.3 Å². The van der Waals surface area contributed by atoms with Gasteiger partial charge in [-0.1, -0.05) is 0 Å². The van der Waals surface area contributed by atoms with Gasteiger partial charge in [-0.3, -0.25) is 9.59 Å². The molecular formula is C13H22N2O3. The first kappa shape index (κ1) is 13.3. The predicted molar refractivity (Wildman–Crippen MR) is 67.0 cm³/mol. The lowest BCUT2D eigenvalue weighted by Crippen LogP contribution is -2.40. The fourth-order valence-corrected chi connectivity index (χ4v) is 2.73. The molecular weight excluding hydrogens is 232 g/mol. The smallest absolute Gasteiger partial charge is 0.227 e. The summed E-state index contributed by atoms with van der Waals surface area (Å²) in [5.74, 6) is 0.123. The minimum Gasteiger partial charge on any atom is -0.383 e. The standard InChI is InChI=1S/C13H22N2O3/c1-18-8-7-15-10-11(9-12(15)16)13(17)14-5-3-2-4-6-14/h11H,2-10H2,1H3. The average molecular weight is 254 g/mol. The van der Waals surface area contributed by atoms with Crippen molar-refractivity contribution >= 4 is 11.8 Å². The summed E-state index contributed by atoms with van der Waals surface area (Å²) in [4.78, 5) is 27.7. The Balaban J connectivity index is 1.86. The highest BCUT2D eigenvalue weighted by molar-refractivity contribution is 5.89. The average Bonchev–Trinajstić information content (AvgIpc) is 2.78. The predicted octanol–water partition coefficient (Wildman–Crippen LogP) is 0.494. The van der Waals surface area contributed by atoms with Crippen molar-refractivity contribution in [3.8, 4) is 0 Å². The maximum Gasteiger partial charge on any atom is 0.227 e. The Morgan fingerprint density at radius 2 is 2.06 bits per heavy atom. The van der Waals surface area contributed by atoms with E-state index < -0.39 is 0 Å². The molecule has 2 aliphatic rings. The van der Waals surface area contributed by atoms with Gasteiger partial charge in [-0.05, 0) is 19.3 Å². The molecule has 2 fully saturated rings. The molecule has 0 bridgehead atoms. The van der Waals surface area contributed by atoms with Crippen LogP contribution in [0.25, 0.3) is 0 Å². The van der Waals surface area contributed by atoms with Crippen LogP contribution in [-0.4, -0.2) is 61.5 Å². The first-order chi connectivity index (χ1) is 8.72. The Hall–Kier alpha value is -1.10. The summed E-state index contributed by atoms with van der Waals surface area (Å²) in [6.07, 6.45) is 3.78. The van der Waals surface area contributed by atoms with Gasteiger partial charge in [0.15, 0.2) is 0 Å². The van der Waals surface area contributed by atoms with Crippen molar-refractivity contribution in [3.63, 3.8) is 0 Å². The second-order valence-electron chi connectivity index (χ2n) is 5.12. The van der Waals surface area contributed by atoms with Gasteiger partial charge in [-0.2, -0.15) is 0 Å². The highest BCUT2D eigenvalue weighted by Gasteiger charge is 2.36. The molecule has 0 aromatic carbocycles. The van der Waals surface area contributed by atoms with E-state index in [1.807, 2.05) is 4.90 Å². The molecule has 102 valence electrons. The Kier molecular flexibility index (Phi) is 4.58. The van der Waals surface area contributed by atoms with Crippen LogP contribution in [0.2, 0.25) is 0 Å². The summed E-state index contributed by atoms with van der Waals surface area (Å²) < 4.78 is 4.97. The van der Waals surface area contributed by atoms with Gasteiger partial charge in [-0.25, -0.2) is 0 Å². The van der Waals surface area contributed by atoms with Gasteiger partial charge in [-0.15, -0.1) is 0 Å². The SMILES string of the molecule is COCCN1CC(C(=O)N2CCCCC2)CC1=O. The number of nitrogens with zero attached hydrogens (tertiary/aromatic N) is 2. The molecule has 0 radical (unpaired) electrons. The van der Waals surface area contributed by atoms with E-state index in [1.165, 1.54) is 6.42 Å². The molecule has 18 heavy (non-hydrogen) atoms. The molecule has 2 saturated heterocycles. The van der Waals surface area contributed by atoms with Gasteiger partial charge in [0.2, 0.25) is 11.8 Å². The third-order valence-corrected chi connectivity index (χ3v) is 3.80. The van der Waals surface area contributed by atoms with E-state index >= 15 is 0 Å². The maximum absolute atomic E-state index is 12.3. The summed E-state index contributed by atoms with van der Waals surface area (Å²) in [5.41, 5.74) is 0. The van der Waals surface area contributed by atoms with Crippen molar-refractivity contribution in [2.24, 2.45) is 5.92 Å². The maximum atomic E-state index is 12.3. The van der Waals surface area contributed by atoms with Crippen molar-refractivity contribution in [2.45, 2.75) is 25.7 Å². The van der Waals surface area contributed by atoms with E-state index in [-0.39, 0.29) is 17.7 Å². The van der Waals surface area contributed by atoms with Crippen LogP contribution in [0.4, 0.5) is 0 Å². The Morgan fingerprint density at radius 3 is 2.72 bits per heavy atom. The summed E-state index contributed by atoms with van der Waals surface area (Å²) in [5, 5.41) is 0. The second kappa shape index (κ2) is 6.18. The first-order valence-corrected chi connectivity index (χ1v) is 6.78. The zero-order valence-electron chi connectivity index (χ0n) is 11.1. The van der Waals surface area contributed by atoms with Crippen LogP contribution >= 0.6 is 0 Å². The molecule has 5 heteroatoms. The van der Waals surface area contributed by atoms with E-state index in [0.717, 1.165) is 25.9 Å². The molecule has 2 amide bonds. The van der Waals surface area contributed by atoms with Crippen molar-refractivity contribution in [3.05, 3.63) is 0 Å². The van der Waals surface area contributed by atoms with Crippen LogP contribution in [0.15, 0.2) is 0 Å². The normalized spacial score (nSPS) is 24.7. The quantitative estimate of drug-likeness (QED) is 0.734. The van der Waals surface area contributed by atoms with Crippen molar-refractivity contribution in [1.29, 1.82) is 0 Å². The monoisotopic (exact) mass is 254 g/mol. The number of ether oxygens (including phenoxy) is 1. The summed E-state index contributed by atoms with van der Waals surface area (Å²) in [6, 6.07) is 0. The van der Waals surface area contributed by atoms with E-state index in [0.29, 0.717) is 26.1 Å². The second-order valence-corrected chi connectivity index (χ2v) is 5.12. The lowest BCUT2D eigenvalue weighted by Gasteiger charge is -2.29. The minimum atomic E-state index is -0.132. The molecule has 0 saturated carbocycles. The highest BCUT2D eigenvalue weighted by Crippen LogP contribution is 2.21. The third-order valence-electron chi connectivity index (χ3n) is 3.80. The zero-order valence-corrected chi connectivity index (χ0v) is 11.1.